The summed E-state index contributed by atoms with van der Waals surface area (Å²) in [7, 11) is 1.55. The second kappa shape index (κ2) is 5.61. The van der Waals surface area contributed by atoms with Crippen molar-refractivity contribution in [2.45, 2.75) is 13.0 Å². The maximum atomic E-state index is 9.65. The van der Waals surface area contributed by atoms with E-state index in [4.69, 9.17) is 4.74 Å². The average Bonchev–Trinajstić information content (AvgIpc) is 2.95. The summed E-state index contributed by atoms with van der Waals surface area (Å²) in [4.78, 5) is 4.28. The van der Waals surface area contributed by atoms with Crippen LogP contribution in [-0.2, 0) is 0 Å². The lowest BCUT2D eigenvalue weighted by Crippen LogP contribution is -2.06. The van der Waals surface area contributed by atoms with Gasteiger partial charge in [-0.15, -0.1) is 11.3 Å². The summed E-state index contributed by atoms with van der Waals surface area (Å²) in [6.07, 6.45) is 0. The third-order valence-electron chi connectivity index (χ3n) is 3.42. The molecule has 3 rings (SSSR count). The van der Waals surface area contributed by atoms with Crippen molar-refractivity contribution >= 4 is 27.2 Å². The van der Waals surface area contributed by atoms with Crippen molar-refractivity contribution in [3.63, 3.8) is 0 Å². The summed E-state index contributed by atoms with van der Waals surface area (Å²) in [5, 5.41) is 13.1. The van der Waals surface area contributed by atoms with Crippen molar-refractivity contribution in [2.75, 3.05) is 12.4 Å². The molecule has 0 saturated carbocycles. The molecule has 0 aliphatic heterocycles. The van der Waals surface area contributed by atoms with E-state index in [1.807, 2.05) is 29.8 Å². The number of methoxy groups -OCH3 is 1. The maximum Gasteiger partial charge on any atom is 0.160 e. The van der Waals surface area contributed by atoms with E-state index >= 15 is 0 Å². The second-order valence-corrected chi connectivity index (χ2v) is 5.72. The molecule has 21 heavy (non-hydrogen) atoms. The first-order chi connectivity index (χ1) is 10.2. The van der Waals surface area contributed by atoms with Crippen molar-refractivity contribution < 1.29 is 9.84 Å². The van der Waals surface area contributed by atoms with Crippen LogP contribution in [0.3, 0.4) is 0 Å². The van der Waals surface area contributed by atoms with Crippen LogP contribution >= 0.6 is 11.3 Å². The van der Waals surface area contributed by atoms with Gasteiger partial charge in [-0.1, -0.05) is 6.07 Å². The lowest BCUT2D eigenvalue weighted by molar-refractivity contribution is 0.373. The molecule has 0 radical (unpaired) electrons. The number of benzene rings is 2. The van der Waals surface area contributed by atoms with E-state index in [1.165, 1.54) is 0 Å². The fourth-order valence-corrected chi connectivity index (χ4v) is 2.96. The summed E-state index contributed by atoms with van der Waals surface area (Å²) < 4.78 is 6.31. The number of aromatic nitrogens is 1. The smallest absolute Gasteiger partial charge is 0.160 e. The topological polar surface area (TPSA) is 54.4 Å². The number of aromatic hydroxyl groups is 1. The highest BCUT2D eigenvalue weighted by Crippen LogP contribution is 2.31. The maximum absolute atomic E-state index is 9.65. The molecule has 5 heteroatoms. The number of phenolic OH excluding ortho intramolecular Hbond substituents is 1. The molecule has 0 spiro atoms. The molecule has 1 unspecified atom stereocenters. The highest BCUT2D eigenvalue weighted by molar-refractivity contribution is 7.16. The summed E-state index contributed by atoms with van der Waals surface area (Å²) in [5.74, 6) is 0.638. The minimum absolute atomic E-state index is 0.102. The molecule has 0 aliphatic rings. The van der Waals surface area contributed by atoms with E-state index in [0.717, 1.165) is 21.5 Å². The molecule has 1 atom stereocenters. The van der Waals surface area contributed by atoms with Crippen LogP contribution < -0.4 is 10.1 Å². The van der Waals surface area contributed by atoms with Gasteiger partial charge in [0.2, 0.25) is 0 Å². The van der Waals surface area contributed by atoms with Gasteiger partial charge < -0.3 is 15.2 Å². The zero-order valence-electron chi connectivity index (χ0n) is 11.8. The number of nitrogens with one attached hydrogen (secondary N) is 1. The molecule has 4 nitrogen and oxygen atoms in total. The molecule has 0 amide bonds. The third kappa shape index (κ3) is 2.78. The van der Waals surface area contributed by atoms with Crippen LogP contribution in [-0.4, -0.2) is 17.2 Å². The largest absolute Gasteiger partial charge is 0.504 e. The molecule has 108 valence electrons. The van der Waals surface area contributed by atoms with Crippen LogP contribution in [0.5, 0.6) is 11.5 Å². The van der Waals surface area contributed by atoms with Crippen molar-refractivity contribution in [3.05, 3.63) is 47.5 Å². The van der Waals surface area contributed by atoms with E-state index in [1.54, 1.807) is 24.5 Å². The molecular formula is C16H16N2O2S. The van der Waals surface area contributed by atoms with Crippen LogP contribution in [0.2, 0.25) is 0 Å². The molecule has 1 heterocycles. The molecule has 1 aromatic heterocycles. The molecule has 0 aliphatic carbocycles. The van der Waals surface area contributed by atoms with Crippen LogP contribution in [0.1, 0.15) is 18.5 Å². The second-order valence-electron chi connectivity index (χ2n) is 4.83. The normalized spacial score (nSPS) is 12.3. The Morgan fingerprint density at radius 3 is 2.90 bits per heavy atom. The number of fused-ring (bicyclic) bond motifs is 1. The van der Waals surface area contributed by atoms with Crippen LogP contribution in [0.4, 0.5) is 5.69 Å². The standard InChI is InChI=1S/C16H16N2O2S/c1-10(11-3-6-14(19)15(7-11)20-2)18-12-4-5-13-16(8-12)21-9-17-13/h3-10,18-19H,1-2H3. The SMILES string of the molecule is COc1cc(C(C)Nc2ccc3ncsc3c2)ccc1O. The van der Waals surface area contributed by atoms with E-state index in [-0.39, 0.29) is 11.8 Å². The summed E-state index contributed by atoms with van der Waals surface area (Å²) >= 11 is 1.63. The van der Waals surface area contributed by atoms with Gasteiger partial charge in [0.15, 0.2) is 11.5 Å². The number of hydrogen-bond donors (Lipinski definition) is 2. The monoisotopic (exact) mass is 300 g/mol. The Kier molecular flexibility index (Phi) is 3.66. The van der Waals surface area contributed by atoms with Gasteiger partial charge in [-0.05, 0) is 42.8 Å². The molecule has 0 saturated heterocycles. The van der Waals surface area contributed by atoms with E-state index in [2.05, 4.69) is 23.3 Å². The van der Waals surface area contributed by atoms with Gasteiger partial charge in [0.05, 0.1) is 22.8 Å². The Bertz CT molecular complexity index is 770. The minimum Gasteiger partial charge on any atom is -0.504 e. The molecule has 3 aromatic rings. The van der Waals surface area contributed by atoms with Gasteiger partial charge >= 0.3 is 0 Å². The molecule has 0 fully saturated rings. The quantitative estimate of drug-likeness (QED) is 0.759. The summed E-state index contributed by atoms with van der Waals surface area (Å²) in [5.41, 5.74) is 4.97. The Balaban J connectivity index is 1.83. The number of phenols is 1. The zero-order chi connectivity index (χ0) is 14.8. The number of thiazole rings is 1. The number of ether oxygens (including phenoxy) is 1. The Morgan fingerprint density at radius 1 is 1.24 bits per heavy atom. The average molecular weight is 300 g/mol. The fourth-order valence-electron chi connectivity index (χ4n) is 2.24. The highest BCUT2D eigenvalue weighted by Gasteiger charge is 2.10. The van der Waals surface area contributed by atoms with E-state index < -0.39 is 0 Å². The van der Waals surface area contributed by atoms with E-state index in [0.29, 0.717) is 5.75 Å². The molecule has 0 bridgehead atoms. The van der Waals surface area contributed by atoms with Gasteiger partial charge in [0.25, 0.3) is 0 Å². The van der Waals surface area contributed by atoms with Crippen molar-refractivity contribution in [1.82, 2.24) is 4.98 Å². The van der Waals surface area contributed by atoms with Crippen LogP contribution in [0.15, 0.2) is 41.9 Å². The van der Waals surface area contributed by atoms with Gasteiger partial charge in [-0.3, -0.25) is 0 Å². The fraction of sp³-hybridized carbons (Fsp3) is 0.188. The van der Waals surface area contributed by atoms with Crippen molar-refractivity contribution in [1.29, 1.82) is 0 Å². The lowest BCUT2D eigenvalue weighted by atomic mass is 10.1. The Morgan fingerprint density at radius 2 is 2.10 bits per heavy atom. The van der Waals surface area contributed by atoms with Crippen molar-refractivity contribution in [3.8, 4) is 11.5 Å². The first-order valence-corrected chi connectivity index (χ1v) is 7.52. The van der Waals surface area contributed by atoms with Crippen LogP contribution in [0, 0.1) is 0 Å². The zero-order valence-corrected chi connectivity index (χ0v) is 12.6. The van der Waals surface area contributed by atoms with Gasteiger partial charge in [-0.25, -0.2) is 4.98 Å². The number of rotatable bonds is 4. The van der Waals surface area contributed by atoms with Crippen molar-refractivity contribution in [2.24, 2.45) is 0 Å². The summed E-state index contributed by atoms with van der Waals surface area (Å²) in [6, 6.07) is 11.6. The number of anilines is 1. The number of nitrogens with zero attached hydrogens (tertiary/aromatic N) is 1. The predicted molar refractivity (Wildman–Crippen MR) is 86.3 cm³/mol. The summed E-state index contributed by atoms with van der Waals surface area (Å²) in [6.45, 7) is 2.07. The molecular weight excluding hydrogens is 284 g/mol. The van der Waals surface area contributed by atoms with Gasteiger partial charge in [0.1, 0.15) is 0 Å². The van der Waals surface area contributed by atoms with Gasteiger partial charge in [0, 0.05) is 11.7 Å². The highest BCUT2D eigenvalue weighted by atomic mass is 32.1. The Labute approximate surface area is 127 Å². The minimum atomic E-state index is 0.102. The Hall–Kier alpha value is -2.27. The molecule has 2 aromatic carbocycles. The van der Waals surface area contributed by atoms with Gasteiger partial charge in [-0.2, -0.15) is 0 Å². The van der Waals surface area contributed by atoms with Crippen LogP contribution in [0.25, 0.3) is 10.2 Å². The van der Waals surface area contributed by atoms with E-state index in [9.17, 15) is 5.11 Å². The first kappa shape index (κ1) is 13.7. The first-order valence-electron chi connectivity index (χ1n) is 6.64. The predicted octanol–water partition coefficient (Wildman–Crippen LogP) is 4.18. The molecule has 2 N–H and O–H groups in total. The third-order valence-corrected chi connectivity index (χ3v) is 4.21. The lowest BCUT2D eigenvalue weighted by Gasteiger charge is -2.17. The number of hydrogen-bond acceptors (Lipinski definition) is 5.